The molecular weight excluding hydrogens is 165 g/mol. The van der Waals surface area contributed by atoms with Crippen molar-refractivity contribution in [1.29, 1.82) is 0 Å². The third-order valence-electron chi connectivity index (χ3n) is 2.59. The smallest absolute Gasteiger partial charge is 0.123 e. The van der Waals surface area contributed by atoms with Crippen molar-refractivity contribution in [3.8, 4) is 0 Å². The monoisotopic (exact) mass is 179 g/mol. The fraction of sp³-hybridized carbons (Fsp3) is 0.455. The molecule has 0 atom stereocenters. The molecule has 1 aliphatic carbocycles. The van der Waals surface area contributed by atoms with Gasteiger partial charge in [0.2, 0.25) is 0 Å². The summed E-state index contributed by atoms with van der Waals surface area (Å²) in [5, 5.41) is 3.40. The Morgan fingerprint density at radius 1 is 1.38 bits per heavy atom. The van der Waals surface area contributed by atoms with Gasteiger partial charge in [0.25, 0.3) is 0 Å². The van der Waals surface area contributed by atoms with E-state index in [0.29, 0.717) is 6.04 Å². The molecule has 1 aliphatic rings. The van der Waals surface area contributed by atoms with Crippen LogP contribution in [-0.2, 0) is 6.54 Å². The normalized spacial score (nSPS) is 17.0. The highest BCUT2D eigenvalue weighted by Gasteiger charge is 2.15. The largest absolute Gasteiger partial charge is 0.310 e. The molecule has 1 fully saturated rings. The topological polar surface area (TPSA) is 12.0 Å². The van der Waals surface area contributed by atoms with Crippen molar-refractivity contribution in [2.24, 2.45) is 0 Å². The van der Waals surface area contributed by atoms with Crippen LogP contribution in [0.2, 0.25) is 0 Å². The van der Waals surface area contributed by atoms with Crippen molar-refractivity contribution in [2.45, 2.75) is 31.8 Å². The average molecular weight is 179 g/mol. The summed E-state index contributed by atoms with van der Waals surface area (Å²) in [6, 6.07) is 7.45. The van der Waals surface area contributed by atoms with Gasteiger partial charge in [-0.15, -0.1) is 0 Å². The molecule has 0 heterocycles. The highest BCUT2D eigenvalue weighted by atomic mass is 19.1. The molecule has 1 aromatic carbocycles. The van der Waals surface area contributed by atoms with Gasteiger partial charge in [-0.3, -0.25) is 0 Å². The molecule has 0 saturated heterocycles. The predicted molar refractivity (Wildman–Crippen MR) is 50.9 cm³/mol. The number of hydrogen-bond acceptors (Lipinski definition) is 1. The zero-order valence-electron chi connectivity index (χ0n) is 7.59. The van der Waals surface area contributed by atoms with Crippen LogP contribution in [0, 0.1) is 5.82 Å². The van der Waals surface area contributed by atoms with Crippen molar-refractivity contribution in [3.05, 3.63) is 35.6 Å². The van der Waals surface area contributed by atoms with E-state index < -0.39 is 0 Å². The molecule has 1 N–H and O–H groups in total. The van der Waals surface area contributed by atoms with Gasteiger partial charge < -0.3 is 5.32 Å². The highest BCUT2D eigenvalue weighted by molar-refractivity contribution is 5.16. The SMILES string of the molecule is Fc1cccc(CNC2CCC2)c1. The van der Waals surface area contributed by atoms with Crippen LogP contribution < -0.4 is 5.32 Å². The first-order valence-electron chi connectivity index (χ1n) is 4.82. The Morgan fingerprint density at radius 3 is 2.85 bits per heavy atom. The van der Waals surface area contributed by atoms with E-state index in [0.717, 1.165) is 12.1 Å². The minimum Gasteiger partial charge on any atom is -0.310 e. The maximum absolute atomic E-state index is 12.8. The van der Waals surface area contributed by atoms with Gasteiger partial charge in [0.1, 0.15) is 5.82 Å². The van der Waals surface area contributed by atoms with Crippen LogP contribution >= 0.6 is 0 Å². The van der Waals surface area contributed by atoms with E-state index in [1.807, 2.05) is 6.07 Å². The van der Waals surface area contributed by atoms with E-state index >= 15 is 0 Å². The van der Waals surface area contributed by atoms with E-state index in [-0.39, 0.29) is 5.82 Å². The molecule has 0 bridgehead atoms. The molecule has 70 valence electrons. The molecule has 0 spiro atoms. The molecule has 1 nitrogen and oxygen atoms in total. The molecule has 13 heavy (non-hydrogen) atoms. The quantitative estimate of drug-likeness (QED) is 0.751. The lowest BCUT2D eigenvalue weighted by atomic mass is 9.93. The Labute approximate surface area is 78.0 Å². The Hall–Kier alpha value is -0.890. The molecular formula is C11H14FN. The van der Waals surface area contributed by atoms with Crippen LogP contribution in [0.15, 0.2) is 24.3 Å². The standard InChI is InChI=1S/C11H14FN/c12-10-4-1-3-9(7-10)8-13-11-5-2-6-11/h1,3-4,7,11,13H,2,5-6,8H2. The Kier molecular flexibility index (Phi) is 2.60. The maximum atomic E-state index is 12.8. The van der Waals surface area contributed by atoms with Gasteiger partial charge in [-0.2, -0.15) is 0 Å². The summed E-state index contributed by atoms with van der Waals surface area (Å²) in [6.07, 6.45) is 3.88. The van der Waals surface area contributed by atoms with E-state index in [2.05, 4.69) is 5.32 Å². The van der Waals surface area contributed by atoms with Crippen molar-refractivity contribution in [2.75, 3.05) is 0 Å². The second-order valence-corrected chi connectivity index (χ2v) is 3.64. The lowest BCUT2D eigenvalue weighted by Gasteiger charge is -2.26. The molecule has 0 radical (unpaired) electrons. The first-order chi connectivity index (χ1) is 6.34. The van der Waals surface area contributed by atoms with Crippen molar-refractivity contribution < 1.29 is 4.39 Å². The summed E-state index contributed by atoms with van der Waals surface area (Å²) in [4.78, 5) is 0. The maximum Gasteiger partial charge on any atom is 0.123 e. The molecule has 0 unspecified atom stereocenters. The highest BCUT2D eigenvalue weighted by Crippen LogP contribution is 2.18. The van der Waals surface area contributed by atoms with Crippen LogP contribution in [0.1, 0.15) is 24.8 Å². The van der Waals surface area contributed by atoms with Gasteiger partial charge in [-0.1, -0.05) is 18.6 Å². The fourth-order valence-corrected chi connectivity index (χ4v) is 1.52. The van der Waals surface area contributed by atoms with Crippen molar-refractivity contribution in [3.63, 3.8) is 0 Å². The van der Waals surface area contributed by atoms with Gasteiger partial charge in [0, 0.05) is 12.6 Å². The first-order valence-corrected chi connectivity index (χ1v) is 4.82. The molecule has 0 amide bonds. The zero-order valence-corrected chi connectivity index (χ0v) is 7.59. The summed E-state index contributed by atoms with van der Waals surface area (Å²) in [7, 11) is 0. The van der Waals surface area contributed by atoms with Crippen molar-refractivity contribution in [1.82, 2.24) is 5.32 Å². The minimum absolute atomic E-state index is 0.145. The molecule has 2 rings (SSSR count). The summed E-state index contributed by atoms with van der Waals surface area (Å²) in [6.45, 7) is 0.794. The molecule has 2 heteroatoms. The third-order valence-corrected chi connectivity index (χ3v) is 2.59. The Morgan fingerprint density at radius 2 is 2.23 bits per heavy atom. The molecule has 0 aromatic heterocycles. The van der Waals surface area contributed by atoms with Crippen LogP contribution in [0.4, 0.5) is 4.39 Å². The van der Waals surface area contributed by atoms with Crippen LogP contribution in [0.25, 0.3) is 0 Å². The van der Waals surface area contributed by atoms with Crippen LogP contribution in [0.5, 0.6) is 0 Å². The summed E-state index contributed by atoms with van der Waals surface area (Å²) in [5.41, 5.74) is 1.03. The van der Waals surface area contributed by atoms with E-state index in [9.17, 15) is 4.39 Å². The number of benzene rings is 1. The Balaban J connectivity index is 1.86. The second-order valence-electron chi connectivity index (χ2n) is 3.64. The van der Waals surface area contributed by atoms with Gasteiger partial charge in [0.05, 0.1) is 0 Å². The third kappa shape index (κ3) is 2.28. The number of nitrogens with one attached hydrogen (secondary N) is 1. The van der Waals surface area contributed by atoms with Gasteiger partial charge in [0.15, 0.2) is 0 Å². The molecule has 1 saturated carbocycles. The number of rotatable bonds is 3. The lowest BCUT2D eigenvalue weighted by Crippen LogP contribution is -2.34. The van der Waals surface area contributed by atoms with Gasteiger partial charge in [-0.05, 0) is 30.5 Å². The van der Waals surface area contributed by atoms with E-state index in [4.69, 9.17) is 0 Å². The zero-order chi connectivity index (χ0) is 9.10. The van der Waals surface area contributed by atoms with Gasteiger partial charge >= 0.3 is 0 Å². The van der Waals surface area contributed by atoms with Gasteiger partial charge in [-0.25, -0.2) is 4.39 Å². The number of halogens is 1. The first kappa shape index (κ1) is 8.70. The van der Waals surface area contributed by atoms with E-state index in [1.54, 1.807) is 12.1 Å². The van der Waals surface area contributed by atoms with Crippen molar-refractivity contribution >= 4 is 0 Å². The summed E-state index contributed by atoms with van der Waals surface area (Å²) in [5.74, 6) is -0.145. The molecule has 1 aromatic rings. The average Bonchev–Trinajstić information content (AvgIpc) is 2.01. The second kappa shape index (κ2) is 3.88. The van der Waals surface area contributed by atoms with Crippen LogP contribution in [0.3, 0.4) is 0 Å². The van der Waals surface area contributed by atoms with Crippen LogP contribution in [-0.4, -0.2) is 6.04 Å². The lowest BCUT2D eigenvalue weighted by molar-refractivity contribution is 0.338. The Bertz CT molecular complexity index is 281. The fourth-order valence-electron chi connectivity index (χ4n) is 1.52. The molecule has 0 aliphatic heterocycles. The number of hydrogen-bond donors (Lipinski definition) is 1. The summed E-state index contributed by atoms with van der Waals surface area (Å²) < 4.78 is 12.8. The minimum atomic E-state index is -0.145. The van der Waals surface area contributed by atoms with E-state index in [1.165, 1.54) is 25.3 Å². The summed E-state index contributed by atoms with van der Waals surface area (Å²) >= 11 is 0. The predicted octanol–water partition coefficient (Wildman–Crippen LogP) is 2.47.